The van der Waals surface area contributed by atoms with Crippen LogP contribution in [0, 0.1) is 12.7 Å². The van der Waals surface area contributed by atoms with Crippen LogP contribution in [-0.2, 0) is 10.7 Å². The second-order valence-electron chi connectivity index (χ2n) is 9.37. The highest BCUT2D eigenvalue weighted by molar-refractivity contribution is 6.07. The average Bonchev–Trinajstić information content (AvgIpc) is 2.95. The van der Waals surface area contributed by atoms with Crippen molar-refractivity contribution in [3.05, 3.63) is 58.7 Å². The van der Waals surface area contributed by atoms with Gasteiger partial charge in [-0.25, -0.2) is 14.4 Å². The standard InChI is InChI=1S/C25H27F3N4O2/c1-12-16-10-19-17(11-20(16)32(6)23(12)33)22(31-14(3)30-19)29-13(2)15-8-7-9-18(21(15)26)25(27,28)24(4,5)34/h7-13,34H,1-6H3,(H,29,30,31)/t12?,13-/m1/s1. The number of carbonyl (C=O) groups is 1. The van der Waals surface area contributed by atoms with Crippen LogP contribution in [-0.4, -0.2) is 33.6 Å². The molecule has 2 atom stereocenters. The van der Waals surface area contributed by atoms with Crippen LogP contribution in [0.1, 0.15) is 62.2 Å². The predicted molar refractivity (Wildman–Crippen MR) is 125 cm³/mol. The molecule has 1 amide bonds. The number of carbonyl (C=O) groups excluding carboxylic acids is 1. The van der Waals surface area contributed by atoms with Gasteiger partial charge in [0.1, 0.15) is 23.1 Å². The fourth-order valence-electron chi connectivity index (χ4n) is 4.33. The first kappa shape index (κ1) is 23.9. The molecule has 9 heteroatoms. The summed E-state index contributed by atoms with van der Waals surface area (Å²) in [7, 11) is 1.70. The van der Waals surface area contributed by atoms with Gasteiger partial charge in [0.15, 0.2) is 0 Å². The average molecular weight is 473 g/mol. The molecule has 0 aliphatic carbocycles. The molecule has 0 radical (unpaired) electrons. The third-order valence-corrected chi connectivity index (χ3v) is 6.44. The molecule has 2 N–H and O–H groups in total. The van der Waals surface area contributed by atoms with Crippen molar-refractivity contribution in [1.29, 1.82) is 0 Å². The van der Waals surface area contributed by atoms with E-state index in [0.29, 0.717) is 22.5 Å². The SMILES string of the molecule is Cc1nc(N[C@H](C)c2cccc(C(F)(F)C(C)(C)O)c2F)c2cc3c(cc2n1)C(C)C(=O)N3C. The van der Waals surface area contributed by atoms with Crippen molar-refractivity contribution >= 4 is 28.3 Å². The molecule has 180 valence electrons. The molecule has 34 heavy (non-hydrogen) atoms. The van der Waals surface area contributed by atoms with E-state index < -0.39 is 28.9 Å². The van der Waals surface area contributed by atoms with Gasteiger partial charge < -0.3 is 15.3 Å². The Morgan fingerprint density at radius 3 is 2.53 bits per heavy atom. The number of aromatic nitrogens is 2. The molecular formula is C25H27F3N4O2. The molecule has 1 aliphatic heterocycles. The number of rotatable bonds is 5. The largest absolute Gasteiger partial charge is 0.384 e. The van der Waals surface area contributed by atoms with Crippen LogP contribution in [0.3, 0.4) is 0 Å². The van der Waals surface area contributed by atoms with Gasteiger partial charge in [-0.05, 0) is 58.4 Å². The summed E-state index contributed by atoms with van der Waals surface area (Å²) in [5.41, 5.74) is -1.08. The monoisotopic (exact) mass is 472 g/mol. The van der Waals surface area contributed by atoms with Gasteiger partial charge in [-0.3, -0.25) is 4.79 Å². The van der Waals surface area contributed by atoms with Gasteiger partial charge in [-0.1, -0.05) is 12.1 Å². The lowest BCUT2D eigenvalue weighted by Crippen LogP contribution is -2.41. The highest BCUT2D eigenvalue weighted by Crippen LogP contribution is 2.42. The van der Waals surface area contributed by atoms with E-state index in [0.717, 1.165) is 31.2 Å². The number of amides is 1. The van der Waals surface area contributed by atoms with Gasteiger partial charge in [-0.2, -0.15) is 8.78 Å². The minimum atomic E-state index is -3.79. The van der Waals surface area contributed by atoms with Gasteiger partial charge >= 0.3 is 5.92 Å². The van der Waals surface area contributed by atoms with Crippen LogP contribution in [0.4, 0.5) is 24.7 Å². The Hall–Kier alpha value is -3.20. The molecular weight excluding hydrogens is 445 g/mol. The number of alkyl halides is 2. The first-order valence-electron chi connectivity index (χ1n) is 11.0. The van der Waals surface area contributed by atoms with Gasteiger partial charge in [0.25, 0.3) is 0 Å². The number of likely N-dealkylation sites (N-methyl/N-ethyl adjacent to an activating group) is 1. The number of aryl methyl sites for hydroxylation is 1. The zero-order valence-corrected chi connectivity index (χ0v) is 19.9. The second kappa shape index (κ2) is 7.94. The summed E-state index contributed by atoms with van der Waals surface area (Å²) >= 11 is 0. The number of halogens is 3. The molecule has 0 saturated heterocycles. The van der Waals surface area contributed by atoms with Crippen molar-refractivity contribution < 1.29 is 23.1 Å². The molecule has 6 nitrogen and oxygen atoms in total. The van der Waals surface area contributed by atoms with E-state index in [9.17, 15) is 18.7 Å². The van der Waals surface area contributed by atoms with Crippen LogP contribution in [0.5, 0.6) is 0 Å². The molecule has 2 heterocycles. The summed E-state index contributed by atoms with van der Waals surface area (Å²) < 4.78 is 44.7. The van der Waals surface area contributed by atoms with E-state index in [4.69, 9.17) is 0 Å². The van der Waals surface area contributed by atoms with Crippen LogP contribution < -0.4 is 10.2 Å². The highest BCUT2D eigenvalue weighted by atomic mass is 19.3. The van der Waals surface area contributed by atoms with Crippen LogP contribution >= 0.6 is 0 Å². The fourth-order valence-corrected chi connectivity index (χ4v) is 4.33. The quantitative estimate of drug-likeness (QED) is 0.534. The lowest BCUT2D eigenvalue weighted by Gasteiger charge is -2.30. The highest BCUT2D eigenvalue weighted by Gasteiger charge is 2.49. The fraction of sp³-hybridized carbons (Fsp3) is 0.400. The summed E-state index contributed by atoms with van der Waals surface area (Å²) in [4.78, 5) is 23.0. The van der Waals surface area contributed by atoms with Crippen molar-refractivity contribution in [1.82, 2.24) is 9.97 Å². The Morgan fingerprint density at radius 1 is 1.21 bits per heavy atom. The van der Waals surface area contributed by atoms with Crippen LogP contribution in [0.25, 0.3) is 10.9 Å². The van der Waals surface area contributed by atoms with Gasteiger partial charge in [0.2, 0.25) is 5.91 Å². The van der Waals surface area contributed by atoms with Crippen molar-refractivity contribution in [3.8, 4) is 0 Å². The molecule has 4 rings (SSSR count). The zero-order valence-electron chi connectivity index (χ0n) is 19.9. The Labute approximate surface area is 195 Å². The number of nitrogens with one attached hydrogen (secondary N) is 1. The molecule has 0 spiro atoms. The molecule has 1 aromatic heterocycles. The maximum Gasteiger partial charge on any atom is 0.303 e. The normalized spacial score (nSPS) is 17.3. The van der Waals surface area contributed by atoms with E-state index in [1.54, 1.807) is 25.8 Å². The number of aliphatic hydroxyl groups is 1. The molecule has 2 aromatic carbocycles. The number of benzene rings is 2. The second-order valence-corrected chi connectivity index (χ2v) is 9.37. The minimum absolute atomic E-state index is 0.00733. The van der Waals surface area contributed by atoms with Crippen molar-refractivity contribution in [2.75, 3.05) is 17.3 Å². The maximum atomic E-state index is 15.3. The van der Waals surface area contributed by atoms with Crippen LogP contribution in [0.15, 0.2) is 30.3 Å². The molecule has 1 aliphatic rings. The summed E-state index contributed by atoms with van der Waals surface area (Å²) in [5, 5.41) is 13.7. The number of nitrogens with zero attached hydrogens (tertiary/aromatic N) is 3. The van der Waals surface area contributed by atoms with Crippen molar-refractivity contribution in [2.24, 2.45) is 0 Å². The predicted octanol–water partition coefficient (Wildman–Crippen LogP) is 5.19. The number of hydrogen-bond donors (Lipinski definition) is 2. The van der Waals surface area contributed by atoms with Gasteiger partial charge in [0, 0.05) is 23.7 Å². The van der Waals surface area contributed by atoms with Crippen molar-refractivity contribution in [3.63, 3.8) is 0 Å². The molecule has 3 aromatic rings. The topological polar surface area (TPSA) is 78.4 Å². The molecule has 0 saturated carbocycles. The smallest absolute Gasteiger partial charge is 0.303 e. The summed E-state index contributed by atoms with van der Waals surface area (Å²) in [6.45, 7) is 7.08. The molecule has 0 bridgehead atoms. The Balaban J connectivity index is 1.77. The Bertz CT molecular complexity index is 1300. The van der Waals surface area contributed by atoms with E-state index in [1.807, 2.05) is 19.1 Å². The minimum Gasteiger partial charge on any atom is -0.384 e. The maximum absolute atomic E-state index is 15.3. The van der Waals surface area contributed by atoms with E-state index in [2.05, 4.69) is 15.3 Å². The first-order chi connectivity index (χ1) is 15.7. The summed E-state index contributed by atoms with van der Waals surface area (Å²) in [6, 6.07) is 6.66. The van der Waals surface area contributed by atoms with Gasteiger partial charge in [-0.15, -0.1) is 0 Å². The van der Waals surface area contributed by atoms with E-state index >= 15 is 4.39 Å². The third kappa shape index (κ3) is 3.68. The Morgan fingerprint density at radius 2 is 1.88 bits per heavy atom. The zero-order chi connectivity index (χ0) is 25.2. The molecule has 1 unspecified atom stereocenters. The summed E-state index contributed by atoms with van der Waals surface area (Å²) in [6.07, 6.45) is 0. The van der Waals surface area contributed by atoms with E-state index in [1.165, 1.54) is 12.1 Å². The summed E-state index contributed by atoms with van der Waals surface area (Å²) in [5.74, 6) is -4.33. The molecule has 0 fully saturated rings. The van der Waals surface area contributed by atoms with Crippen LogP contribution in [0.2, 0.25) is 0 Å². The first-order valence-corrected chi connectivity index (χ1v) is 11.0. The Kier molecular flexibility index (Phi) is 5.59. The van der Waals surface area contributed by atoms with Crippen molar-refractivity contribution in [2.45, 2.75) is 58.1 Å². The lowest BCUT2D eigenvalue weighted by atomic mass is 9.91. The lowest BCUT2D eigenvalue weighted by molar-refractivity contribution is -0.170. The number of fused-ring (bicyclic) bond motifs is 2. The van der Waals surface area contributed by atoms with Gasteiger partial charge in [0.05, 0.1) is 23.0 Å². The number of hydrogen-bond acceptors (Lipinski definition) is 5. The number of anilines is 2. The van der Waals surface area contributed by atoms with E-state index in [-0.39, 0.29) is 17.4 Å². The third-order valence-electron chi connectivity index (χ3n) is 6.44.